The molecule has 1 saturated heterocycles. The molecule has 1 saturated carbocycles. The monoisotopic (exact) mass is 285 g/mol. The lowest BCUT2D eigenvalue weighted by Crippen LogP contribution is -2.64. The van der Waals surface area contributed by atoms with Crippen molar-refractivity contribution in [3.8, 4) is 0 Å². The molecule has 2 rings (SSSR count). The molecule has 2 aliphatic rings. The summed E-state index contributed by atoms with van der Waals surface area (Å²) in [6.45, 7) is 7.24. The van der Waals surface area contributed by atoms with Crippen LogP contribution in [0, 0.1) is 10.8 Å². The van der Waals surface area contributed by atoms with Gasteiger partial charge in [0.15, 0.2) is 0 Å². The van der Waals surface area contributed by atoms with E-state index in [1.165, 1.54) is 0 Å². The Balaban J connectivity index is 1.93. The van der Waals surface area contributed by atoms with Crippen LogP contribution in [-0.2, 0) is 9.47 Å². The zero-order valence-corrected chi connectivity index (χ0v) is 13.3. The van der Waals surface area contributed by atoms with Crippen LogP contribution < -0.4 is 5.32 Å². The van der Waals surface area contributed by atoms with Gasteiger partial charge < -0.3 is 19.9 Å². The molecule has 2 fully saturated rings. The molecule has 1 aliphatic carbocycles. The molecule has 4 nitrogen and oxygen atoms in total. The van der Waals surface area contributed by atoms with Crippen molar-refractivity contribution in [3.05, 3.63) is 0 Å². The summed E-state index contributed by atoms with van der Waals surface area (Å²) in [5, 5.41) is 13.5. The Hall–Kier alpha value is -0.160. The molecule has 0 amide bonds. The van der Waals surface area contributed by atoms with Crippen LogP contribution in [-0.4, -0.2) is 50.7 Å². The van der Waals surface area contributed by atoms with Crippen LogP contribution in [0.15, 0.2) is 0 Å². The second-order valence-corrected chi connectivity index (χ2v) is 6.60. The molecule has 20 heavy (non-hydrogen) atoms. The first kappa shape index (κ1) is 16.2. The number of aliphatic hydroxyl groups is 1. The Morgan fingerprint density at radius 1 is 1.25 bits per heavy atom. The molecule has 0 spiro atoms. The highest BCUT2D eigenvalue weighted by Crippen LogP contribution is 2.49. The highest BCUT2D eigenvalue weighted by Gasteiger charge is 2.53. The van der Waals surface area contributed by atoms with Crippen LogP contribution in [0.2, 0.25) is 0 Å². The van der Waals surface area contributed by atoms with Gasteiger partial charge in [-0.25, -0.2) is 0 Å². The highest BCUT2D eigenvalue weighted by atomic mass is 16.5. The Kier molecular flexibility index (Phi) is 5.46. The summed E-state index contributed by atoms with van der Waals surface area (Å²) in [5.74, 6) is 0. The van der Waals surface area contributed by atoms with Gasteiger partial charge >= 0.3 is 0 Å². The zero-order valence-electron chi connectivity index (χ0n) is 13.3. The van der Waals surface area contributed by atoms with Gasteiger partial charge in [-0.15, -0.1) is 0 Å². The number of hydrogen-bond donors (Lipinski definition) is 2. The largest absolute Gasteiger partial charge is 0.396 e. The average molecular weight is 285 g/mol. The molecule has 1 heterocycles. The molecular formula is C16H31NO3. The second kappa shape index (κ2) is 6.73. The first-order chi connectivity index (χ1) is 9.66. The van der Waals surface area contributed by atoms with Gasteiger partial charge in [0.25, 0.3) is 0 Å². The van der Waals surface area contributed by atoms with Gasteiger partial charge in [-0.05, 0) is 32.1 Å². The fourth-order valence-electron chi connectivity index (χ4n) is 4.10. The minimum Gasteiger partial charge on any atom is -0.396 e. The number of aliphatic hydroxyl groups excluding tert-OH is 1. The Morgan fingerprint density at radius 2 is 1.90 bits per heavy atom. The summed E-state index contributed by atoms with van der Waals surface area (Å²) < 4.78 is 11.1. The zero-order chi connectivity index (χ0) is 14.6. The van der Waals surface area contributed by atoms with E-state index in [0.717, 1.165) is 51.9 Å². The third-order valence-corrected chi connectivity index (χ3v) is 6.00. The first-order valence-corrected chi connectivity index (χ1v) is 8.11. The molecule has 2 N–H and O–H groups in total. The van der Waals surface area contributed by atoms with Crippen LogP contribution in [0.3, 0.4) is 0 Å². The van der Waals surface area contributed by atoms with Crippen LogP contribution in [0.5, 0.6) is 0 Å². The Labute approximate surface area is 123 Å². The van der Waals surface area contributed by atoms with Crippen molar-refractivity contribution >= 4 is 0 Å². The van der Waals surface area contributed by atoms with E-state index in [2.05, 4.69) is 19.2 Å². The average Bonchev–Trinajstić information content (AvgIpc) is 2.49. The maximum Gasteiger partial charge on any atom is 0.0657 e. The number of nitrogens with one attached hydrogen (secondary N) is 1. The van der Waals surface area contributed by atoms with Gasteiger partial charge in [-0.1, -0.05) is 13.8 Å². The van der Waals surface area contributed by atoms with Crippen molar-refractivity contribution < 1.29 is 14.6 Å². The molecule has 0 aromatic carbocycles. The van der Waals surface area contributed by atoms with E-state index in [9.17, 15) is 5.11 Å². The van der Waals surface area contributed by atoms with Crippen LogP contribution in [0.4, 0.5) is 0 Å². The predicted octanol–water partition coefficient (Wildman–Crippen LogP) is 1.96. The van der Waals surface area contributed by atoms with E-state index in [1.807, 2.05) is 7.11 Å². The molecule has 2 unspecified atom stereocenters. The van der Waals surface area contributed by atoms with Crippen LogP contribution >= 0.6 is 0 Å². The molecule has 0 radical (unpaired) electrons. The van der Waals surface area contributed by atoms with Crippen LogP contribution in [0.25, 0.3) is 0 Å². The molecule has 0 aromatic rings. The van der Waals surface area contributed by atoms with Gasteiger partial charge in [0, 0.05) is 43.7 Å². The maximum atomic E-state index is 9.77. The second-order valence-electron chi connectivity index (χ2n) is 6.60. The van der Waals surface area contributed by atoms with E-state index in [4.69, 9.17) is 9.47 Å². The van der Waals surface area contributed by atoms with Crippen molar-refractivity contribution in [2.24, 2.45) is 10.8 Å². The van der Waals surface area contributed by atoms with Crippen molar-refractivity contribution in [1.82, 2.24) is 5.32 Å². The molecule has 0 aromatic heterocycles. The van der Waals surface area contributed by atoms with Crippen molar-refractivity contribution in [1.29, 1.82) is 0 Å². The third kappa shape index (κ3) is 2.76. The Morgan fingerprint density at radius 3 is 2.40 bits per heavy atom. The number of hydrogen-bond acceptors (Lipinski definition) is 4. The summed E-state index contributed by atoms with van der Waals surface area (Å²) in [7, 11) is 1.83. The fourth-order valence-corrected chi connectivity index (χ4v) is 4.10. The third-order valence-electron chi connectivity index (χ3n) is 6.00. The van der Waals surface area contributed by atoms with Crippen molar-refractivity contribution in [2.45, 2.75) is 58.1 Å². The quantitative estimate of drug-likeness (QED) is 0.751. The Bertz CT molecular complexity index is 298. The van der Waals surface area contributed by atoms with Gasteiger partial charge in [-0.2, -0.15) is 0 Å². The smallest absolute Gasteiger partial charge is 0.0657 e. The molecule has 118 valence electrons. The maximum absolute atomic E-state index is 9.77. The topological polar surface area (TPSA) is 50.7 Å². The highest BCUT2D eigenvalue weighted by molar-refractivity contribution is 5.07. The number of methoxy groups -OCH3 is 1. The van der Waals surface area contributed by atoms with Gasteiger partial charge in [0.05, 0.1) is 12.7 Å². The summed E-state index contributed by atoms with van der Waals surface area (Å²) in [4.78, 5) is 0. The normalized spacial score (nSPS) is 31.8. The summed E-state index contributed by atoms with van der Waals surface area (Å²) in [5.41, 5.74) is 0.292. The summed E-state index contributed by atoms with van der Waals surface area (Å²) in [6, 6.07) is 0.522. The molecule has 4 heteroatoms. The lowest BCUT2D eigenvalue weighted by atomic mass is 9.58. The fraction of sp³-hybridized carbons (Fsp3) is 1.00. The molecule has 1 aliphatic heterocycles. The van der Waals surface area contributed by atoms with E-state index in [-0.39, 0.29) is 17.4 Å². The molecular weight excluding hydrogens is 254 g/mol. The van der Waals surface area contributed by atoms with E-state index in [0.29, 0.717) is 12.1 Å². The van der Waals surface area contributed by atoms with E-state index < -0.39 is 0 Å². The van der Waals surface area contributed by atoms with Gasteiger partial charge in [-0.3, -0.25) is 0 Å². The lowest BCUT2D eigenvalue weighted by Gasteiger charge is -2.56. The first-order valence-electron chi connectivity index (χ1n) is 8.11. The SMILES string of the molecule is CCC1(CC)C(NCC2(CO)CCOCC2)CC1OC. The van der Waals surface area contributed by atoms with Crippen molar-refractivity contribution in [3.63, 3.8) is 0 Å². The van der Waals surface area contributed by atoms with Crippen LogP contribution in [0.1, 0.15) is 46.0 Å². The predicted molar refractivity (Wildman–Crippen MR) is 79.8 cm³/mol. The molecule has 2 atom stereocenters. The van der Waals surface area contributed by atoms with Crippen molar-refractivity contribution in [2.75, 3.05) is 33.5 Å². The van der Waals surface area contributed by atoms with E-state index in [1.54, 1.807) is 0 Å². The van der Waals surface area contributed by atoms with E-state index >= 15 is 0 Å². The number of ether oxygens (including phenoxy) is 2. The van der Waals surface area contributed by atoms with Gasteiger partial charge in [0.2, 0.25) is 0 Å². The standard InChI is InChI=1S/C16H31NO3/c1-4-16(5-2)13(10-14(16)19-3)17-11-15(12-18)6-8-20-9-7-15/h13-14,17-18H,4-12H2,1-3H3. The van der Waals surface area contributed by atoms with Gasteiger partial charge in [0.1, 0.15) is 0 Å². The lowest BCUT2D eigenvalue weighted by molar-refractivity contribution is -0.128. The molecule has 0 bridgehead atoms. The minimum atomic E-state index is 0.0175. The summed E-state index contributed by atoms with van der Waals surface area (Å²) in [6.07, 6.45) is 5.69. The number of rotatable bonds is 7. The minimum absolute atomic E-state index is 0.0175. The summed E-state index contributed by atoms with van der Waals surface area (Å²) >= 11 is 0.